The summed E-state index contributed by atoms with van der Waals surface area (Å²) in [5.41, 5.74) is -1.21. The smallest absolute Gasteiger partial charge is 0.330 e. The van der Waals surface area contributed by atoms with Crippen molar-refractivity contribution in [3.63, 3.8) is 0 Å². The topological polar surface area (TPSA) is 123 Å². The van der Waals surface area contributed by atoms with E-state index in [0.29, 0.717) is 13.0 Å². The van der Waals surface area contributed by atoms with E-state index in [-0.39, 0.29) is 0 Å². The highest BCUT2D eigenvalue weighted by atomic mass is 16.7. The first-order chi connectivity index (χ1) is 11.1. The monoisotopic (exact) mass is 328 g/mol. The second-order valence-corrected chi connectivity index (χ2v) is 5.65. The Bertz CT molecular complexity index is 637. The average Bonchev–Trinajstić information content (AvgIpc) is 2.85. The van der Waals surface area contributed by atoms with Gasteiger partial charge in [0.1, 0.15) is 18.3 Å². The normalized spacial score (nSPS) is 34.6. The Kier molecular flexibility index (Phi) is 4.93. The van der Waals surface area contributed by atoms with Crippen LogP contribution in [0.25, 0.3) is 0 Å². The van der Waals surface area contributed by atoms with Gasteiger partial charge in [0.25, 0.3) is 5.56 Å². The Morgan fingerprint density at radius 3 is 2.87 bits per heavy atom. The predicted molar refractivity (Wildman–Crippen MR) is 76.8 cm³/mol. The molecular formula is C14H20N2O7. The molecule has 0 bridgehead atoms. The summed E-state index contributed by atoms with van der Waals surface area (Å²) in [6.07, 6.45) is -0.494. The van der Waals surface area contributed by atoms with E-state index in [0.717, 1.165) is 17.4 Å². The maximum absolute atomic E-state index is 12.0. The van der Waals surface area contributed by atoms with E-state index in [4.69, 9.17) is 14.2 Å². The third kappa shape index (κ3) is 3.38. The molecule has 1 aromatic rings. The quantitative estimate of drug-likeness (QED) is 0.627. The van der Waals surface area contributed by atoms with Crippen molar-refractivity contribution in [3.8, 4) is 0 Å². The summed E-state index contributed by atoms with van der Waals surface area (Å²) in [7, 11) is 0. The van der Waals surface area contributed by atoms with Crippen LogP contribution in [0.2, 0.25) is 0 Å². The Labute approximate surface area is 131 Å². The molecule has 0 amide bonds. The van der Waals surface area contributed by atoms with E-state index in [1.807, 2.05) is 0 Å². The third-order valence-electron chi connectivity index (χ3n) is 4.06. The van der Waals surface area contributed by atoms with Crippen molar-refractivity contribution in [3.05, 3.63) is 33.1 Å². The van der Waals surface area contributed by atoms with Crippen LogP contribution in [0.4, 0.5) is 0 Å². The van der Waals surface area contributed by atoms with E-state index >= 15 is 0 Å². The fourth-order valence-electron chi connectivity index (χ4n) is 2.86. The molecule has 2 fully saturated rings. The molecule has 1 aromatic heterocycles. The van der Waals surface area contributed by atoms with Gasteiger partial charge in [-0.15, -0.1) is 0 Å². The van der Waals surface area contributed by atoms with E-state index in [9.17, 15) is 19.8 Å². The maximum atomic E-state index is 12.0. The first-order valence-corrected chi connectivity index (χ1v) is 7.63. The van der Waals surface area contributed by atoms with E-state index < -0.39 is 48.7 Å². The highest BCUT2D eigenvalue weighted by molar-refractivity contribution is 4.94. The first kappa shape index (κ1) is 16.3. The van der Waals surface area contributed by atoms with Crippen LogP contribution in [0.1, 0.15) is 25.5 Å². The number of aliphatic hydroxyl groups is 2. The van der Waals surface area contributed by atoms with Crippen LogP contribution in [0, 0.1) is 0 Å². The van der Waals surface area contributed by atoms with E-state index in [1.165, 1.54) is 12.3 Å². The number of aromatic nitrogens is 2. The molecular weight excluding hydrogens is 308 g/mol. The minimum absolute atomic E-state index is 0.416. The lowest BCUT2D eigenvalue weighted by atomic mass is 10.1. The minimum atomic E-state index is -1.12. The third-order valence-corrected chi connectivity index (χ3v) is 4.06. The number of H-pyrrole nitrogens is 1. The zero-order valence-corrected chi connectivity index (χ0v) is 12.5. The van der Waals surface area contributed by atoms with Crippen molar-refractivity contribution in [2.24, 2.45) is 0 Å². The van der Waals surface area contributed by atoms with Crippen molar-refractivity contribution < 1.29 is 24.4 Å². The highest BCUT2D eigenvalue weighted by Gasteiger charge is 2.47. The second kappa shape index (κ2) is 6.93. The van der Waals surface area contributed by atoms with Gasteiger partial charge in [0, 0.05) is 18.9 Å². The zero-order chi connectivity index (χ0) is 16.4. The summed E-state index contributed by atoms with van der Waals surface area (Å²) in [6.45, 7) is 0.155. The van der Waals surface area contributed by atoms with Gasteiger partial charge < -0.3 is 24.4 Å². The van der Waals surface area contributed by atoms with Crippen LogP contribution >= 0.6 is 0 Å². The molecule has 1 unspecified atom stereocenters. The van der Waals surface area contributed by atoms with Crippen molar-refractivity contribution in [1.29, 1.82) is 0 Å². The molecule has 23 heavy (non-hydrogen) atoms. The van der Waals surface area contributed by atoms with Crippen LogP contribution in [0.3, 0.4) is 0 Å². The van der Waals surface area contributed by atoms with Gasteiger partial charge in [0.15, 0.2) is 12.5 Å². The number of aliphatic hydroxyl groups excluding tert-OH is 2. The van der Waals surface area contributed by atoms with Gasteiger partial charge in [-0.05, 0) is 19.3 Å². The number of nitrogens with one attached hydrogen (secondary N) is 1. The number of aromatic amines is 1. The molecule has 2 aliphatic rings. The summed E-state index contributed by atoms with van der Waals surface area (Å²) in [5, 5.41) is 19.6. The summed E-state index contributed by atoms with van der Waals surface area (Å²) in [5.74, 6) is 0. The zero-order valence-electron chi connectivity index (χ0n) is 12.5. The van der Waals surface area contributed by atoms with Crippen LogP contribution in [-0.4, -0.2) is 57.6 Å². The maximum Gasteiger partial charge on any atom is 0.330 e. The minimum Gasteiger partial charge on any atom is -0.394 e. The largest absolute Gasteiger partial charge is 0.394 e. The standard InChI is InChI=1S/C14H20N2O7/c17-7-8-11(19)12(23-10-3-1-2-6-21-10)13(22-8)16-5-4-9(18)15-14(16)20/h4-5,8,10-13,17,19H,1-3,6-7H2,(H,15,18,20)/t8-,10?,11+,12-,13-/m0/s1. The highest BCUT2D eigenvalue weighted by Crippen LogP contribution is 2.32. The molecule has 0 spiro atoms. The van der Waals surface area contributed by atoms with Crippen molar-refractivity contribution in [1.82, 2.24) is 9.55 Å². The van der Waals surface area contributed by atoms with Gasteiger partial charge in [-0.1, -0.05) is 0 Å². The number of hydrogen-bond acceptors (Lipinski definition) is 7. The molecule has 0 radical (unpaired) electrons. The number of rotatable bonds is 4. The van der Waals surface area contributed by atoms with Gasteiger partial charge in [0.05, 0.1) is 6.61 Å². The van der Waals surface area contributed by atoms with Crippen LogP contribution in [-0.2, 0) is 14.2 Å². The molecule has 0 saturated carbocycles. The Hall–Kier alpha value is -1.52. The van der Waals surface area contributed by atoms with Crippen LogP contribution in [0.15, 0.2) is 21.9 Å². The molecule has 2 saturated heterocycles. The van der Waals surface area contributed by atoms with Gasteiger partial charge >= 0.3 is 5.69 Å². The van der Waals surface area contributed by atoms with Crippen molar-refractivity contribution >= 4 is 0 Å². The van der Waals surface area contributed by atoms with Crippen LogP contribution in [0.5, 0.6) is 0 Å². The SMILES string of the molecule is O=c1ccn([C@H]2O[C@@H](CO)[C@@H](O)[C@@H]2OC2CCCCO2)c(=O)[nH]1. The number of nitrogens with zero attached hydrogens (tertiary/aromatic N) is 1. The second-order valence-electron chi connectivity index (χ2n) is 5.65. The lowest BCUT2D eigenvalue weighted by Gasteiger charge is -2.29. The first-order valence-electron chi connectivity index (χ1n) is 7.63. The molecule has 0 aliphatic carbocycles. The molecule has 0 aromatic carbocycles. The lowest BCUT2D eigenvalue weighted by molar-refractivity contribution is -0.215. The number of hydrogen-bond donors (Lipinski definition) is 3. The molecule has 2 aliphatic heterocycles. The average molecular weight is 328 g/mol. The van der Waals surface area contributed by atoms with Gasteiger partial charge in [0.2, 0.25) is 0 Å². The lowest BCUT2D eigenvalue weighted by Crippen LogP contribution is -2.42. The van der Waals surface area contributed by atoms with Gasteiger partial charge in [-0.3, -0.25) is 14.3 Å². The van der Waals surface area contributed by atoms with Gasteiger partial charge in [-0.25, -0.2) is 4.79 Å². The molecule has 3 rings (SSSR count). The van der Waals surface area contributed by atoms with E-state index in [2.05, 4.69) is 4.98 Å². The fraction of sp³-hybridized carbons (Fsp3) is 0.714. The number of ether oxygens (including phenoxy) is 3. The van der Waals surface area contributed by atoms with Crippen molar-refractivity contribution in [2.75, 3.05) is 13.2 Å². The molecule has 9 nitrogen and oxygen atoms in total. The van der Waals surface area contributed by atoms with E-state index in [1.54, 1.807) is 0 Å². The Balaban J connectivity index is 1.85. The van der Waals surface area contributed by atoms with Crippen molar-refractivity contribution in [2.45, 2.75) is 50.1 Å². The molecule has 3 heterocycles. The molecule has 128 valence electrons. The Morgan fingerprint density at radius 1 is 1.39 bits per heavy atom. The van der Waals surface area contributed by atoms with Gasteiger partial charge in [-0.2, -0.15) is 0 Å². The predicted octanol–water partition coefficient (Wildman–Crippen LogP) is -1.30. The summed E-state index contributed by atoms with van der Waals surface area (Å²) >= 11 is 0. The molecule has 3 N–H and O–H groups in total. The summed E-state index contributed by atoms with van der Waals surface area (Å²) < 4.78 is 18.0. The summed E-state index contributed by atoms with van der Waals surface area (Å²) in [6, 6.07) is 1.18. The van der Waals surface area contributed by atoms with Crippen LogP contribution < -0.4 is 11.2 Å². The molecule has 5 atom stereocenters. The fourth-order valence-corrected chi connectivity index (χ4v) is 2.86. The Morgan fingerprint density at radius 2 is 2.22 bits per heavy atom. The molecule has 9 heteroatoms. The summed E-state index contributed by atoms with van der Waals surface area (Å²) in [4.78, 5) is 25.3.